The number of halogens is 1. The first-order valence-electron chi connectivity index (χ1n) is 7.19. The van der Waals surface area contributed by atoms with Crippen LogP contribution in [0.1, 0.15) is 31.2 Å². The quantitative estimate of drug-likeness (QED) is 0.855. The lowest BCUT2D eigenvalue weighted by Crippen LogP contribution is -2.28. The summed E-state index contributed by atoms with van der Waals surface area (Å²) in [5.74, 6) is 0.621. The molecule has 0 aliphatic rings. The number of thiophene rings is 1. The maximum Gasteiger partial charge on any atom is 0.413 e. The molecule has 23 heavy (non-hydrogen) atoms. The number of ether oxygens (including phenoxy) is 1. The van der Waals surface area contributed by atoms with Gasteiger partial charge in [0.25, 0.3) is 0 Å². The molecule has 0 saturated heterocycles. The highest BCUT2D eigenvalue weighted by Gasteiger charge is 2.18. The molecule has 0 saturated carbocycles. The van der Waals surface area contributed by atoms with Crippen molar-refractivity contribution in [2.75, 3.05) is 5.32 Å². The Bertz CT molecular complexity index is 675. The van der Waals surface area contributed by atoms with E-state index in [1.807, 2.05) is 32.2 Å². The maximum atomic E-state index is 11.9. The lowest BCUT2D eigenvalue weighted by atomic mass is 10.2. The molecule has 2 rings (SSSR count). The number of carbonyl (C=O) groups excluding carboxylic acids is 1. The lowest BCUT2D eigenvalue weighted by Gasteiger charge is -2.20. The third kappa shape index (κ3) is 5.53. The first kappa shape index (κ1) is 17.8. The van der Waals surface area contributed by atoms with Gasteiger partial charge in [0.1, 0.15) is 11.4 Å². The van der Waals surface area contributed by atoms with Crippen molar-refractivity contribution in [3.8, 4) is 0 Å². The number of carbonyl (C=O) groups is 1. The van der Waals surface area contributed by atoms with E-state index in [9.17, 15) is 4.79 Å². The zero-order valence-corrected chi connectivity index (χ0v) is 15.2. The van der Waals surface area contributed by atoms with Crippen LogP contribution in [0.2, 0.25) is 5.02 Å². The minimum absolute atomic E-state index is 0.493. The van der Waals surface area contributed by atoms with E-state index in [4.69, 9.17) is 16.3 Å². The highest BCUT2D eigenvalue weighted by Crippen LogP contribution is 2.20. The van der Waals surface area contributed by atoms with Gasteiger partial charge in [-0.15, -0.1) is 11.3 Å². The van der Waals surface area contributed by atoms with Crippen LogP contribution < -0.4 is 10.6 Å². The summed E-state index contributed by atoms with van der Waals surface area (Å²) in [4.78, 5) is 13.1. The number of rotatable bonds is 5. The first-order chi connectivity index (χ1) is 10.7. The standard InChI is InChI=1S/C15H21ClN4O2S/c1-15(2,3)22-14(21)19-13-10(7-18-20(13)4)6-17-8-12-5-11(16)9-23-12/h5,7,9,17H,6,8H2,1-4H3,(H,19,21). The van der Waals surface area contributed by atoms with Crippen molar-refractivity contribution in [1.29, 1.82) is 0 Å². The Labute approximate surface area is 144 Å². The van der Waals surface area contributed by atoms with Gasteiger partial charge in [-0.2, -0.15) is 5.10 Å². The van der Waals surface area contributed by atoms with E-state index in [2.05, 4.69) is 15.7 Å². The number of anilines is 1. The highest BCUT2D eigenvalue weighted by molar-refractivity contribution is 7.10. The minimum atomic E-state index is -0.542. The summed E-state index contributed by atoms with van der Waals surface area (Å²) in [5, 5.41) is 12.9. The second kappa shape index (κ2) is 7.33. The van der Waals surface area contributed by atoms with Crippen molar-refractivity contribution in [3.05, 3.63) is 33.1 Å². The number of nitrogens with one attached hydrogen (secondary N) is 2. The molecule has 8 heteroatoms. The molecule has 0 aliphatic heterocycles. The van der Waals surface area contributed by atoms with Gasteiger partial charge >= 0.3 is 6.09 Å². The molecule has 0 spiro atoms. The topological polar surface area (TPSA) is 68.2 Å². The van der Waals surface area contributed by atoms with Gasteiger partial charge in [0.05, 0.1) is 11.2 Å². The fourth-order valence-electron chi connectivity index (χ4n) is 1.94. The first-order valence-corrected chi connectivity index (χ1v) is 8.45. The van der Waals surface area contributed by atoms with Gasteiger partial charge in [-0.05, 0) is 26.8 Å². The van der Waals surface area contributed by atoms with Gasteiger partial charge < -0.3 is 10.1 Å². The molecule has 0 bridgehead atoms. The van der Waals surface area contributed by atoms with Crippen LogP contribution in [0, 0.1) is 0 Å². The molecule has 0 aliphatic carbocycles. The molecule has 2 N–H and O–H groups in total. The Balaban J connectivity index is 1.94. The highest BCUT2D eigenvalue weighted by atomic mass is 35.5. The summed E-state index contributed by atoms with van der Waals surface area (Å²) in [6, 6.07) is 1.93. The average Bonchev–Trinajstić information content (AvgIpc) is 2.97. The fraction of sp³-hybridized carbons (Fsp3) is 0.467. The van der Waals surface area contributed by atoms with E-state index < -0.39 is 11.7 Å². The predicted octanol–water partition coefficient (Wildman–Crippen LogP) is 3.77. The van der Waals surface area contributed by atoms with Crippen molar-refractivity contribution in [3.63, 3.8) is 0 Å². The molecule has 1 amide bonds. The van der Waals surface area contributed by atoms with Gasteiger partial charge in [-0.25, -0.2) is 4.79 Å². The second-order valence-electron chi connectivity index (χ2n) is 6.10. The van der Waals surface area contributed by atoms with E-state index in [0.717, 1.165) is 15.5 Å². The summed E-state index contributed by atoms with van der Waals surface area (Å²) >= 11 is 7.51. The minimum Gasteiger partial charge on any atom is -0.444 e. The zero-order chi connectivity index (χ0) is 17.0. The molecule has 2 aromatic heterocycles. The molecular weight excluding hydrogens is 336 g/mol. The molecule has 0 unspecified atom stereocenters. The van der Waals surface area contributed by atoms with Crippen molar-refractivity contribution in [1.82, 2.24) is 15.1 Å². The van der Waals surface area contributed by atoms with Crippen LogP contribution in [-0.2, 0) is 24.9 Å². The Hall–Kier alpha value is -1.57. The predicted molar refractivity (Wildman–Crippen MR) is 92.9 cm³/mol. The van der Waals surface area contributed by atoms with Crippen LogP contribution in [-0.4, -0.2) is 21.5 Å². The summed E-state index contributed by atoms with van der Waals surface area (Å²) in [7, 11) is 1.77. The van der Waals surface area contributed by atoms with Crippen LogP contribution in [0.25, 0.3) is 0 Å². The van der Waals surface area contributed by atoms with Crippen LogP contribution in [0.5, 0.6) is 0 Å². The van der Waals surface area contributed by atoms with Gasteiger partial charge in [-0.3, -0.25) is 10.00 Å². The Morgan fingerprint density at radius 3 is 2.78 bits per heavy atom. The van der Waals surface area contributed by atoms with E-state index in [1.165, 1.54) is 0 Å². The summed E-state index contributed by atoms with van der Waals surface area (Å²) in [5.41, 5.74) is 0.348. The monoisotopic (exact) mass is 356 g/mol. The SMILES string of the molecule is Cn1ncc(CNCc2cc(Cl)cs2)c1NC(=O)OC(C)(C)C. The number of hydrogen-bond donors (Lipinski definition) is 2. The Morgan fingerprint density at radius 1 is 1.43 bits per heavy atom. The van der Waals surface area contributed by atoms with Crippen LogP contribution in [0.3, 0.4) is 0 Å². The number of aromatic nitrogens is 2. The van der Waals surface area contributed by atoms with Crippen LogP contribution in [0.4, 0.5) is 10.6 Å². The Morgan fingerprint density at radius 2 is 2.17 bits per heavy atom. The van der Waals surface area contributed by atoms with E-state index in [1.54, 1.807) is 29.3 Å². The maximum absolute atomic E-state index is 11.9. The summed E-state index contributed by atoms with van der Waals surface area (Å²) < 4.78 is 6.89. The largest absolute Gasteiger partial charge is 0.444 e. The fourth-order valence-corrected chi connectivity index (χ4v) is 2.98. The molecular formula is C15H21ClN4O2S. The van der Waals surface area contributed by atoms with E-state index >= 15 is 0 Å². The Kier molecular flexibility index (Phi) is 5.67. The summed E-state index contributed by atoms with van der Waals surface area (Å²) in [6.07, 6.45) is 1.23. The number of hydrogen-bond acceptors (Lipinski definition) is 5. The molecule has 0 atom stereocenters. The average molecular weight is 357 g/mol. The molecule has 0 aromatic carbocycles. The number of nitrogens with zero attached hydrogens (tertiary/aromatic N) is 2. The van der Waals surface area contributed by atoms with Crippen molar-refractivity contribution < 1.29 is 9.53 Å². The van der Waals surface area contributed by atoms with Crippen LogP contribution in [0.15, 0.2) is 17.6 Å². The smallest absolute Gasteiger partial charge is 0.413 e. The molecule has 2 aromatic rings. The van der Waals surface area contributed by atoms with Gasteiger partial charge in [0.15, 0.2) is 0 Å². The third-order valence-corrected chi connectivity index (χ3v) is 4.15. The van der Waals surface area contributed by atoms with Crippen molar-refractivity contribution in [2.45, 2.75) is 39.5 Å². The van der Waals surface area contributed by atoms with Gasteiger partial charge in [-0.1, -0.05) is 11.6 Å². The van der Waals surface area contributed by atoms with Gasteiger partial charge in [0.2, 0.25) is 0 Å². The molecule has 0 fully saturated rings. The van der Waals surface area contributed by atoms with E-state index in [0.29, 0.717) is 18.9 Å². The third-order valence-electron chi connectivity index (χ3n) is 2.87. The van der Waals surface area contributed by atoms with Crippen molar-refractivity contribution >= 4 is 34.8 Å². The molecule has 2 heterocycles. The number of aryl methyl sites for hydroxylation is 1. The molecule has 6 nitrogen and oxygen atoms in total. The molecule has 0 radical (unpaired) electrons. The molecule has 126 valence electrons. The van der Waals surface area contributed by atoms with E-state index in [-0.39, 0.29) is 0 Å². The normalized spacial score (nSPS) is 11.5. The summed E-state index contributed by atoms with van der Waals surface area (Å²) in [6.45, 7) is 6.76. The van der Waals surface area contributed by atoms with Crippen molar-refractivity contribution in [2.24, 2.45) is 7.05 Å². The number of amides is 1. The second-order valence-corrected chi connectivity index (χ2v) is 7.54. The van der Waals surface area contributed by atoms with Crippen LogP contribution >= 0.6 is 22.9 Å². The van der Waals surface area contributed by atoms with Gasteiger partial charge in [0, 0.05) is 36.0 Å². The zero-order valence-electron chi connectivity index (χ0n) is 13.6. The lowest BCUT2D eigenvalue weighted by molar-refractivity contribution is 0.0634.